The van der Waals surface area contributed by atoms with Gasteiger partial charge >= 0.3 is 0 Å². The fraction of sp³-hybridized carbons (Fsp3) is 0.143. The third kappa shape index (κ3) is 10.4. The number of methoxy groups -OCH3 is 4. The van der Waals surface area contributed by atoms with Gasteiger partial charge in [-0.2, -0.15) is 10.5 Å². The van der Waals surface area contributed by atoms with Crippen molar-refractivity contribution in [3.63, 3.8) is 0 Å². The molecule has 0 fully saturated rings. The van der Waals surface area contributed by atoms with Crippen LogP contribution in [0, 0.1) is 29.2 Å². The molecule has 0 bridgehead atoms. The van der Waals surface area contributed by atoms with Gasteiger partial charge in [0, 0.05) is 34.3 Å². The number of rotatable bonds is 6. The summed E-state index contributed by atoms with van der Waals surface area (Å²) in [6, 6.07) is 23.1. The molecule has 0 radical (unpaired) electrons. The van der Waals surface area contributed by atoms with Crippen molar-refractivity contribution in [2.45, 2.75) is 5.92 Å². The molecule has 59 heavy (non-hydrogen) atoms. The number of aromatic nitrogens is 2. The van der Waals surface area contributed by atoms with Crippen LogP contribution in [-0.4, -0.2) is 56.3 Å². The van der Waals surface area contributed by atoms with E-state index in [-0.39, 0.29) is 23.8 Å². The van der Waals surface area contributed by atoms with Gasteiger partial charge < -0.3 is 39.4 Å². The molecule has 3 N–H and O–H groups in total. The molecule has 0 amide bonds. The Morgan fingerprint density at radius 3 is 2.00 bits per heavy atom. The van der Waals surface area contributed by atoms with Gasteiger partial charge in [-0.15, -0.1) is 0 Å². The van der Waals surface area contributed by atoms with Crippen LogP contribution < -0.4 is 29.4 Å². The molecule has 1 unspecified atom stereocenters. The first-order chi connectivity index (χ1) is 28.4. The Hall–Kier alpha value is -6.28. The van der Waals surface area contributed by atoms with Gasteiger partial charge in [-0.3, -0.25) is 14.8 Å². The number of nitrogens with zero attached hydrogens (tertiary/aromatic N) is 5. The Morgan fingerprint density at radius 1 is 0.881 bits per heavy atom. The van der Waals surface area contributed by atoms with Gasteiger partial charge in [0.25, 0.3) is 6.54 Å². The van der Waals surface area contributed by atoms with Crippen molar-refractivity contribution in [2.75, 3.05) is 35.0 Å². The third-order valence-corrected chi connectivity index (χ3v) is 10.1. The SMILES string of the molecule is COc1cc(C2C(C#N)=C(N)Oc3c2cc(Cl)c2cccnc32)cc(Br)c1OC.COc1cc(C=O)cc(Br)c1OC.Oc1ccc(Cl)c2cccnc12.[C-]#[N+]CC#N. The fourth-order valence-corrected chi connectivity index (χ4v) is 7.44. The second-order valence-corrected chi connectivity index (χ2v) is 14.2. The maximum atomic E-state index is 10.5. The molecule has 7 rings (SSSR count). The number of phenolic OH excluding ortho intramolecular Hbond substituents is 1. The van der Waals surface area contributed by atoms with E-state index in [0.717, 1.165) is 22.6 Å². The number of ether oxygens (including phenoxy) is 5. The lowest BCUT2D eigenvalue weighted by Crippen LogP contribution is -2.21. The zero-order chi connectivity index (χ0) is 43.2. The Morgan fingerprint density at radius 2 is 1.47 bits per heavy atom. The average Bonchev–Trinajstić information content (AvgIpc) is 3.25. The number of hydrogen-bond acceptors (Lipinski definition) is 12. The maximum absolute atomic E-state index is 10.5. The van der Waals surface area contributed by atoms with Crippen molar-refractivity contribution in [3.8, 4) is 46.6 Å². The Balaban J connectivity index is 0.000000211. The number of benzene rings is 4. The predicted octanol–water partition coefficient (Wildman–Crippen LogP) is 10.2. The summed E-state index contributed by atoms with van der Waals surface area (Å²) in [6.45, 7) is 5.99. The zero-order valence-electron chi connectivity index (χ0n) is 31.6. The predicted molar refractivity (Wildman–Crippen MR) is 231 cm³/mol. The summed E-state index contributed by atoms with van der Waals surface area (Å²) in [7, 11) is 6.18. The first kappa shape index (κ1) is 45.4. The molecule has 2 aromatic heterocycles. The van der Waals surface area contributed by atoms with Crippen molar-refractivity contribution < 1.29 is 33.6 Å². The number of nitriles is 2. The fourth-order valence-electron chi connectivity index (χ4n) is 5.71. The lowest BCUT2D eigenvalue weighted by atomic mass is 9.83. The molecule has 3 heterocycles. The number of aldehydes is 1. The second kappa shape index (κ2) is 21.5. The number of aromatic hydroxyl groups is 1. The van der Waals surface area contributed by atoms with E-state index in [1.165, 1.54) is 13.2 Å². The van der Waals surface area contributed by atoms with Crippen LogP contribution in [0.15, 0.2) is 99.5 Å². The quantitative estimate of drug-likeness (QED) is 0.0915. The van der Waals surface area contributed by atoms with Crippen LogP contribution >= 0.6 is 55.1 Å². The summed E-state index contributed by atoms with van der Waals surface area (Å²) in [6.07, 6.45) is 4.04. The summed E-state index contributed by atoms with van der Waals surface area (Å²) in [5.41, 5.74) is 9.56. The van der Waals surface area contributed by atoms with Crippen molar-refractivity contribution in [2.24, 2.45) is 5.73 Å². The number of nitrogens with two attached hydrogens (primary N) is 1. The lowest BCUT2D eigenvalue weighted by Gasteiger charge is -2.28. The molecule has 0 spiro atoms. The molecule has 17 heteroatoms. The van der Waals surface area contributed by atoms with Crippen LogP contribution in [0.25, 0.3) is 26.7 Å². The molecule has 0 saturated heterocycles. The van der Waals surface area contributed by atoms with Crippen molar-refractivity contribution in [1.29, 1.82) is 10.5 Å². The van der Waals surface area contributed by atoms with Crippen LogP contribution in [0.3, 0.4) is 0 Å². The summed E-state index contributed by atoms with van der Waals surface area (Å²) >= 11 is 19.2. The van der Waals surface area contributed by atoms with Crippen LogP contribution in [0.4, 0.5) is 0 Å². The number of pyridine rings is 2. The first-order valence-corrected chi connectivity index (χ1v) is 19.1. The van der Waals surface area contributed by atoms with Gasteiger partial charge in [-0.05, 0) is 104 Å². The number of allylic oxidation sites excluding steroid dienone is 1. The standard InChI is InChI=1S/C21H15BrClN3O3.C9H9BrO3.C9H6ClNO.C3H2N2/c1-27-16-7-10(6-14(22)20(16)28-2)17-12-8-15(23)11-4-3-5-26-18(11)19(12)29-21(25)13(17)9-24;1-12-8-4-6(5-11)3-7(10)9(8)13-2;10-7-3-4-8(12)9-6(7)2-1-5-11-9;1-5-3-2-4/h3-8,17H,25H2,1-2H3;3-5H,1-2H3;1-5,12H;3H2. The molecule has 1 aliphatic heterocycles. The van der Waals surface area contributed by atoms with Gasteiger partial charge in [0.05, 0.1) is 53.3 Å². The highest BCUT2D eigenvalue weighted by Crippen LogP contribution is 2.49. The smallest absolute Gasteiger partial charge is 0.298 e. The minimum Gasteiger partial charge on any atom is -0.506 e. The molecule has 4 aromatic carbocycles. The van der Waals surface area contributed by atoms with E-state index in [0.29, 0.717) is 69.9 Å². The Kier molecular flexibility index (Phi) is 16.5. The van der Waals surface area contributed by atoms with E-state index in [9.17, 15) is 15.2 Å². The molecule has 300 valence electrons. The largest absolute Gasteiger partial charge is 0.506 e. The van der Waals surface area contributed by atoms with Crippen LogP contribution in [0.2, 0.25) is 10.0 Å². The van der Waals surface area contributed by atoms with Crippen LogP contribution in [0.1, 0.15) is 27.4 Å². The minimum atomic E-state index is -0.510. The number of hydrogen-bond donors (Lipinski definition) is 2. The van der Waals surface area contributed by atoms with E-state index in [2.05, 4.69) is 52.7 Å². The number of carbonyl (C=O) groups is 1. The van der Waals surface area contributed by atoms with Crippen molar-refractivity contribution in [3.05, 3.63) is 138 Å². The normalized spacial score (nSPS) is 12.2. The number of halogens is 4. The van der Waals surface area contributed by atoms with Gasteiger partial charge in [0.1, 0.15) is 40.8 Å². The summed E-state index contributed by atoms with van der Waals surface area (Å²) in [5, 5.41) is 29.4. The summed E-state index contributed by atoms with van der Waals surface area (Å²) in [4.78, 5) is 21.7. The molecular formula is C42H32Br2Cl2N6O7. The topological polar surface area (TPSA) is 187 Å². The van der Waals surface area contributed by atoms with Crippen molar-refractivity contribution >= 4 is 83.2 Å². The summed E-state index contributed by atoms with van der Waals surface area (Å²) < 4.78 is 28.2. The number of phenols is 1. The van der Waals surface area contributed by atoms with Gasteiger partial charge in [-0.1, -0.05) is 23.2 Å². The van der Waals surface area contributed by atoms with E-state index in [1.54, 1.807) is 76.2 Å². The second-order valence-electron chi connectivity index (χ2n) is 11.6. The molecule has 0 saturated carbocycles. The van der Waals surface area contributed by atoms with Crippen molar-refractivity contribution in [1.82, 2.24) is 9.97 Å². The molecule has 1 aliphatic rings. The molecule has 6 aromatic rings. The Bertz CT molecular complexity index is 2630. The van der Waals surface area contributed by atoms with E-state index in [4.69, 9.17) is 64.5 Å². The van der Waals surface area contributed by atoms with E-state index < -0.39 is 5.92 Å². The molecule has 0 aliphatic carbocycles. The highest BCUT2D eigenvalue weighted by Gasteiger charge is 2.34. The lowest BCUT2D eigenvalue weighted by molar-refractivity contribution is 0.112. The first-order valence-electron chi connectivity index (χ1n) is 16.8. The molecular weight excluding hydrogens is 931 g/mol. The van der Waals surface area contributed by atoms with E-state index in [1.807, 2.05) is 24.3 Å². The molecule has 1 atom stereocenters. The number of fused-ring (bicyclic) bond motifs is 4. The molecule has 13 nitrogen and oxygen atoms in total. The highest BCUT2D eigenvalue weighted by atomic mass is 79.9. The van der Waals surface area contributed by atoms with Gasteiger partial charge in [0.15, 0.2) is 28.7 Å². The maximum Gasteiger partial charge on any atom is 0.298 e. The van der Waals surface area contributed by atoms with E-state index >= 15 is 0 Å². The van der Waals surface area contributed by atoms with Crippen LogP contribution in [-0.2, 0) is 0 Å². The highest BCUT2D eigenvalue weighted by molar-refractivity contribution is 9.11. The van der Waals surface area contributed by atoms with Gasteiger partial charge in [-0.25, -0.2) is 6.57 Å². The number of carbonyl (C=O) groups excluding carboxylic acids is 1. The Labute approximate surface area is 366 Å². The summed E-state index contributed by atoms with van der Waals surface area (Å²) in [5.74, 6) is 2.37. The average molecular weight is 963 g/mol. The van der Waals surface area contributed by atoms with Crippen LogP contribution in [0.5, 0.6) is 34.5 Å². The zero-order valence-corrected chi connectivity index (χ0v) is 36.3. The van der Waals surface area contributed by atoms with Gasteiger partial charge in [0.2, 0.25) is 5.88 Å². The third-order valence-electron chi connectivity index (χ3n) is 8.25. The monoisotopic (exact) mass is 960 g/mol. The minimum absolute atomic E-state index is 0.0139.